The molecule has 0 saturated heterocycles. The van der Waals surface area contributed by atoms with Crippen molar-refractivity contribution in [1.82, 2.24) is 15.6 Å². The summed E-state index contributed by atoms with van der Waals surface area (Å²) in [5.41, 5.74) is 2.05. The number of rotatable bonds is 3. The molecule has 2 aromatic rings. The molecule has 1 unspecified atom stereocenters. The predicted molar refractivity (Wildman–Crippen MR) is 119 cm³/mol. The van der Waals surface area contributed by atoms with E-state index in [-0.39, 0.29) is 35.6 Å². The van der Waals surface area contributed by atoms with Gasteiger partial charge in [0.05, 0.1) is 23.3 Å². The first-order chi connectivity index (χ1) is 11.9. The van der Waals surface area contributed by atoms with Crippen LogP contribution in [0.25, 0.3) is 0 Å². The molecule has 26 heavy (non-hydrogen) atoms. The fourth-order valence-corrected chi connectivity index (χ4v) is 4.07. The summed E-state index contributed by atoms with van der Waals surface area (Å²) in [5, 5.41) is 8.07. The summed E-state index contributed by atoms with van der Waals surface area (Å²) >= 11 is 1.72. The van der Waals surface area contributed by atoms with Crippen LogP contribution in [0.4, 0.5) is 0 Å². The zero-order valence-corrected chi connectivity index (χ0v) is 19.1. The molecule has 2 heterocycles. The van der Waals surface area contributed by atoms with Crippen molar-refractivity contribution in [2.24, 2.45) is 4.99 Å². The minimum absolute atomic E-state index is 0. The third kappa shape index (κ3) is 4.88. The molecular weight excluding hydrogens is 459 g/mol. The van der Waals surface area contributed by atoms with Gasteiger partial charge in [-0.25, -0.2) is 4.98 Å². The molecule has 1 aliphatic rings. The van der Waals surface area contributed by atoms with Crippen LogP contribution in [0.5, 0.6) is 5.75 Å². The maximum atomic E-state index is 6.11. The lowest BCUT2D eigenvalue weighted by Gasteiger charge is -2.38. The molecule has 3 rings (SSSR count). The number of guanidine groups is 1. The molecule has 2 N–H and O–H groups in total. The number of nitrogens with one attached hydrogen (secondary N) is 2. The number of aliphatic imine (C=N–C) groups is 1. The number of aryl methyl sites for hydroxylation is 2. The number of hydrogen-bond donors (Lipinski definition) is 2. The third-order valence-electron chi connectivity index (χ3n) is 4.33. The van der Waals surface area contributed by atoms with Crippen LogP contribution in [0.15, 0.2) is 29.3 Å². The molecule has 0 fully saturated rings. The highest BCUT2D eigenvalue weighted by Gasteiger charge is 2.33. The largest absolute Gasteiger partial charge is 0.487 e. The van der Waals surface area contributed by atoms with Crippen molar-refractivity contribution in [3.63, 3.8) is 0 Å². The highest BCUT2D eigenvalue weighted by Crippen LogP contribution is 2.39. The second-order valence-corrected chi connectivity index (χ2v) is 8.26. The van der Waals surface area contributed by atoms with Crippen molar-refractivity contribution < 1.29 is 4.74 Å². The second kappa shape index (κ2) is 8.56. The van der Waals surface area contributed by atoms with Gasteiger partial charge in [0.25, 0.3) is 0 Å². The van der Waals surface area contributed by atoms with Crippen molar-refractivity contribution in [3.05, 3.63) is 45.4 Å². The topological polar surface area (TPSA) is 58.5 Å². The van der Waals surface area contributed by atoms with Gasteiger partial charge in [0.1, 0.15) is 11.4 Å². The van der Waals surface area contributed by atoms with Gasteiger partial charge in [-0.05, 0) is 33.8 Å². The quantitative estimate of drug-likeness (QED) is 0.385. The molecule has 0 radical (unpaired) electrons. The van der Waals surface area contributed by atoms with Gasteiger partial charge < -0.3 is 15.4 Å². The van der Waals surface area contributed by atoms with Crippen LogP contribution in [-0.4, -0.2) is 23.6 Å². The molecule has 1 aromatic carbocycles. The van der Waals surface area contributed by atoms with Gasteiger partial charge in [0, 0.05) is 23.9 Å². The lowest BCUT2D eigenvalue weighted by molar-refractivity contribution is 0.0694. The van der Waals surface area contributed by atoms with Crippen LogP contribution in [0.1, 0.15) is 47.5 Å². The Balaban J connectivity index is 0.00000243. The van der Waals surface area contributed by atoms with E-state index in [0.29, 0.717) is 0 Å². The van der Waals surface area contributed by atoms with Crippen LogP contribution in [0.2, 0.25) is 0 Å². The Bertz CT molecular complexity index is 788. The average molecular weight is 486 g/mol. The van der Waals surface area contributed by atoms with Crippen molar-refractivity contribution in [3.8, 4) is 5.75 Å². The Hall–Kier alpha value is -1.35. The van der Waals surface area contributed by atoms with E-state index in [1.54, 1.807) is 18.4 Å². The molecule has 142 valence electrons. The van der Waals surface area contributed by atoms with Gasteiger partial charge in [0.15, 0.2) is 5.96 Å². The van der Waals surface area contributed by atoms with Crippen LogP contribution in [-0.2, 0) is 6.54 Å². The molecule has 0 bridgehead atoms. The van der Waals surface area contributed by atoms with Gasteiger partial charge in [-0.2, -0.15) is 0 Å². The SMILES string of the molecule is CN=C(NCc1sc(C)nc1C)NC1CC(C)(C)Oc2ccccc21.I. The summed E-state index contributed by atoms with van der Waals surface area (Å²) in [7, 11) is 1.80. The highest BCUT2D eigenvalue weighted by molar-refractivity contribution is 14.0. The molecule has 7 heteroatoms. The van der Waals surface area contributed by atoms with E-state index >= 15 is 0 Å². The molecule has 1 aromatic heterocycles. The number of aromatic nitrogens is 1. The molecular formula is C19H27IN4OS. The van der Waals surface area contributed by atoms with Crippen LogP contribution in [0, 0.1) is 13.8 Å². The summed E-state index contributed by atoms with van der Waals surface area (Å²) in [4.78, 5) is 10.1. The van der Waals surface area contributed by atoms with Crippen LogP contribution >= 0.6 is 35.3 Å². The highest BCUT2D eigenvalue weighted by atomic mass is 127. The van der Waals surface area contributed by atoms with Crippen molar-refractivity contribution in [1.29, 1.82) is 0 Å². The van der Waals surface area contributed by atoms with E-state index in [9.17, 15) is 0 Å². The zero-order chi connectivity index (χ0) is 18.0. The first kappa shape index (κ1) is 21.0. The number of fused-ring (bicyclic) bond motifs is 1. The van der Waals surface area contributed by atoms with E-state index in [1.807, 2.05) is 26.0 Å². The summed E-state index contributed by atoms with van der Waals surface area (Å²) in [6.07, 6.45) is 0.878. The maximum absolute atomic E-state index is 6.11. The third-order valence-corrected chi connectivity index (χ3v) is 5.40. The van der Waals surface area contributed by atoms with E-state index in [4.69, 9.17) is 4.74 Å². The number of nitrogens with zero attached hydrogens (tertiary/aromatic N) is 2. The number of hydrogen-bond acceptors (Lipinski definition) is 4. The maximum Gasteiger partial charge on any atom is 0.191 e. The monoisotopic (exact) mass is 486 g/mol. The Labute approximate surface area is 176 Å². The van der Waals surface area contributed by atoms with Gasteiger partial charge in [-0.1, -0.05) is 18.2 Å². The fraction of sp³-hybridized carbons (Fsp3) is 0.474. The standard InChI is InChI=1S/C19H26N4OS.HI/c1-12-17(25-13(2)22-12)11-21-18(20-5)23-15-10-19(3,4)24-16-9-7-6-8-14(15)16;/h6-9,15H,10-11H2,1-5H3,(H2,20,21,23);1H. The number of para-hydroxylation sites is 1. The first-order valence-corrected chi connectivity index (χ1v) is 9.37. The Kier molecular flexibility index (Phi) is 6.90. The van der Waals surface area contributed by atoms with Gasteiger partial charge in [-0.3, -0.25) is 4.99 Å². The van der Waals surface area contributed by atoms with Crippen molar-refractivity contribution in [2.45, 2.75) is 52.3 Å². The first-order valence-electron chi connectivity index (χ1n) is 8.56. The Morgan fingerprint density at radius 3 is 2.73 bits per heavy atom. The number of ether oxygens (including phenoxy) is 1. The summed E-state index contributed by atoms with van der Waals surface area (Å²) in [6, 6.07) is 8.38. The van der Waals surface area contributed by atoms with Crippen LogP contribution in [0.3, 0.4) is 0 Å². The van der Waals surface area contributed by atoms with Gasteiger partial charge >= 0.3 is 0 Å². The summed E-state index contributed by atoms with van der Waals surface area (Å²) in [5.74, 6) is 1.74. The van der Waals surface area contributed by atoms with E-state index in [2.05, 4.69) is 46.6 Å². The number of halogens is 1. The summed E-state index contributed by atoms with van der Waals surface area (Å²) in [6.45, 7) is 9.06. The molecule has 5 nitrogen and oxygen atoms in total. The fourth-order valence-electron chi connectivity index (χ4n) is 3.19. The predicted octanol–water partition coefficient (Wildman–Crippen LogP) is 4.35. The van der Waals surface area contributed by atoms with E-state index in [1.165, 1.54) is 10.4 Å². The molecule has 0 aliphatic carbocycles. The normalized spacial score (nSPS) is 18.3. The lowest BCUT2D eigenvalue weighted by Crippen LogP contribution is -2.45. The van der Waals surface area contributed by atoms with Crippen molar-refractivity contribution in [2.75, 3.05) is 7.05 Å². The minimum Gasteiger partial charge on any atom is -0.487 e. The molecule has 0 saturated carbocycles. The average Bonchev–Trinajstić information content (AvgIpc) is 2.87. The Morgan fingerprint density at radius 2 is 2.08 bits per heavy atom. The van der Waals surface area contributed by atoms with E-state index in [0.717, 1.165) is 35.4 Å². The van der Waals surface area contributed by atoms with Gasteiger partial charge in [0.2, 0.25) is 0 Å². The molecule has 0 spiro atoms. The smallest absolute Gasteiger partial charge is 0.191 e. The summed E-state index contributed by atoms with van der Waals surface area (Å²) < 4.78 is 6.11. The zero-order valence-electron chi connectivity index (χ0n) is 15.9. The molecule has 1 aliphatic heterocycles. The molecule has 1 atom stereocenters. The van der Waals surface area contributed by atoms with Gasteiger partial charge in [-0.15, -0.1) is 35.3 Å². The lowest BCUT2D eigenvalue weighted by atomic mass is 9.90. The number of thiazole rings is 1. The molecule has 0 amide bonds. The van der Waals surface area contributed by atoms with E-state index < -0.39 is 0 Å². The van der Waals surface area contributed by atoms with Crippen LogP contribution < -0.4 is 15.4 Å². The van der Waals surface area contributed by atoms with Crippen molar-refractivity contribution >= 4 is 41.3 Å². The second-order valence-electron chi connectivity index (χ2n) is 6.97. The minimum atomic E-state index is -0.212. The number of benzene rings is 1. The Morgan fingerprint density at radius 1 is 1.35 bits per heavy atom.